The van der Waals surface area contributed by atoms with Crippen LogP contribution in [0.1, 0.15) is 16.8 Å². The standard InChI is InChI=1S/C14H13ClN2O3/c15-11-1-3-17-12-6-13(20-8-2-4-19-7-8)10(14(16)18)5-9(11)12/h1,3,5-6,8H,2,4,7H2,(H2,16,18)/t8-/m0/s1. The van der Waals surface area contributed by atoms with Crippen molar-refractivity contribution in [2.24, 2.45) is 5.73 Å². The lowest BCUT2D eigenvalue weighted by molar-refractivity contribution is 0.0989. The maximum atomic E-state index is 11.6. The highest BCUT2D eigenvalue weighted by Crippen LogP contribution is 2.30. The highest BCUT2D eigenvalue weighted by molar-refractivity contribution is 6.35. The van der Waals surface area contributed by atoms with E-state index in [2.05, 4.69) is 4.98 Å². The van der Waals surface area contributed by atoms with Crippen LogP contribution in [0.5, 0.6) is 5.75 Å². The molecule has 2 N–H and O–H groups in total. The predicted octanol–water partition coefficient (Wildman–Crippen LogP) is 2.15. The quantitative estimate of drug-likeness (QED) is 0.940. The number of halogens is 1. The molecule has 5 nitrogen and oxygen atoms in total. The highest BCUT2D eigenvalue weighted by atomic mass is 35.5. The topological polar surface area (TPSA) is 74.4 Å². The van der Waals surface area contributed by atoms with Gasteiger partial charge in [-0.05, 0) is 12.1 Å². The SMILES string of the molecule is NC(=O)c1cc2c(Cl)ccnc2cc1O[C@H]1CCOC1. The number of fused-ring (bicyclic) bond motifs is 1. The van der Waals surface area contributed by atoms with Gasteiger partial charge < -0.3 is 15.2 Å². The van der Waals surface area contributed by atoms with Gasteiger partial charge in [-0.15, -0.1) is 0 Å². The number of hydrogen-bond acceptors (Lipinski definition) is 4. The third kappa shape index (κ3) is 2.42. The first kappa shape index (κ1) is 13.1. The number of rotatable bonds is 3. The van der Waals surface area contributed by atoms with Crippen molar-refractivity contribution >= 4 is 28.4 Å². The van der Waals surface area contributed by atoms with Crippen molar-refractivity contribution in [2.75, 3.05) is 13.2 Å². The van der Waals surface area contributed by atoms with E-state index in [1.165, 1.54) is 0 Å². The van der Waals surface area contributed by atoms with Crippen LogP contribution in [-0.4, -0.2) is 30.2 Å². The van der Waals surface area contributed by atoms with E-state index in [4.69, 9.17) is 26.8 Å². The van der Waals surface area contributed by atoms with Crippen LogP contribution in [0.4, 0.5) is 0 Å². The van der Waals surface area contributed by atoms with E-state index in [9.17, 15) is 4.79 Å². The molecule has 2 aromatic rings. The first-order valence-corrected chi connectivity index (χ1v) is 6.65. The summed E-state index contributed by atoms with van der Waals surface area (Å²) in [5.41, 5.74) is 6.38. The van der Waals surface area contributed by atoms with Crippen LogP contribution in [0.2, 0.25) is 5.02 Å². The van der Waals surface area contributed by atoms with Crippen LogP contribution in [0, 0.1) is 0 Å². The number of benzene rings is 1. The van der Waals surface area contributed by atoms with E-state index < -0.39 is 5.91 Å². The Labute approximate surface area is 120 Å². The number of nitrogens with two attached hydrogens (primary N) is 1. The number of nitrogens with zero attached hydrogens (tertiary/aromatic N) is 1. The first-order valence-electron chi connectivity index (χ1n) is 6.27. The minimum atomic E-state index is -0.555. The Hall–Kier alpha value is -1.85. The van der Waals surface area contributed by atoms with Crippen molar-refractivity contribution in [2.45, 2.75) is 12.5 Å². The van der Waals surface area contributed by atoms with E-state index >= 15 is 0 Å². The van der Waals surface area contributed by atoms with Crippen LogP contribution in [0.15, 0.2) is 24.4 Å². The lowest BCUT2D eigenvalue weighted by Gasteiger charge is -2.15. The van der Waals surface area contributed by atoms with Crippen molar-refractivity contribution in [1.82, 2.24) is 4.98 Å². The zero-order valence-corrected chi connectivity index (χ0v) is 11.4. The molecule has 20 heavy (non-hydrogen) atoms. The number of ether oxygens (including phenoxy) is 2. The third-order valence-corrected chi connectivity index (χ3v) is 3.57. The highest BCUT2D eigenvalue weighted by Gasteiger charge is 2.21. The zero-order chi connectivity index (χ0) is 14.1. The van der Waals surface area contributed by atoms with E-state index in [1.807, 2.05) is 0 Å². The van der Waals surface area contributed by atoms with Crippen molar-refractivity contribution in [3.8, 4) is 5.75 Å². The summed E-state index contributed by atoms with van der Waals surface area (Å²) in [7, 11) is 0. The van der Waals surface area contributed by atoms with Gasteiger partial charge >= 0.3 is 0 Å². The molecular weight excluding hydrogens is 280 g/mol. The van der Waals surface area contributed by atoms with Gasteiger partial charge in [0, 0.05) is 24.1 Å². The molecule has 1 saturated heterocycles. The van der Waals surface area contributed by atoms with Crippen molar-refractivity contribution in [3.05, 3.63) is 35.0 Å². The third-order valence-electron chi connectivity index (χ3n) is 3.24. The van der Waals surface area contributed by atoms with Gasteiger partial charge in [0.15, 0.2) is 0 Å². The maximum absolute atomic E-state index is 11.6. The molecule has 0 unspecified atom stereocenters. The summed E-state index contributed by atoms with van der Waals surface area (Å²) < 4.78 is 11.1. The molecule has 0 spiro atoms. The minimum absolute atomic E-state index is 0.0651. The second-order valence-electron chi connectivity index (χ2n) is 4.63. The summed E-state index contributed by atoms with van der Waals surface area (Å²) in [4.78, 5) is 15.8. The van der Waals surface area contributed by atoms with Crippen LogP contribution in [-0.2, 0) is 4.74 Å². The molecule has 1 fully saturated rings. The number of carbonyl (C=O) groups is 1. The Balaban J connectivity index is 2.08. The molecule has 3 rings (SSSR count). The summed E-state index contributed by atoms with van der Waals surface area (Å²) in [6, 6.07) is 4.98. The largest absolute Gasteiger partial charge is 0.487 e. The molecule has 1 aromatic heterocycles. The molecule has 1 aliphatic heterocycles. The molecule has 1 amide bonds. The summed E-state index contributed by atoms with van der Waals surface area (Å²) >= 11 is 6.10. The number of primary amides is 1. The second-order valence-corrected chi connectivity index (χ2v) is 5.03. The summed E-state index contributed by atoms with van der Waals surface area (Å²) in [5.74, 6) is -0.129. The van der Waals surface area contributed by atoms with Gasteiger partial charge in [0.25, 0.3) is 5.91 Å². The molecule has 1 aromatic carbocycles. The van der Waals surface area contributed by atoms with Crippen LogP contribution in [0.25, 0.3) is 10.9 Å². The second kappa shape index (κ2) is 5.26. The zero-order valence-electron chi connectivity index (χ0n) is 10.6. The average molecular weight is 293 g/mol. The van der Waals surface area contributed by atoms with Gasteiger partial charge in [-0.2, -0.15) is 0 Å². The van der Waals surface area contributed by atoms with Gasteiger partial charge in [0.05, 0.1) is 29.3 Å². The average Bonchev–Trinajstić information content (AvgIpc) is 2.91. The number of hydrogen-bond donors (Lipinski definition) is 1. The Kier molecular flexibility index (Phi) is 3.46. The maximum Gasteiger partial charge on any atom is 0.252 e. The monoisotopic (exact) mass is 292 g/mol. The van der Waals surface area contributed by atoms with Crippen LogP contribution in [0.3, 0.4) is 0 Å². The fourth-order valence-corrected chi connectivity index (χ4v) is 2.42. The Bertz CT molecular complexity index is 669. The van der Waals surface area contributed by atoms with Gasteiger partial charge in [-0.3, -0.25) is 9.78 Å². The smallest absolute Gasteiger partial charge is 0.252 e. The molecule has 2 heterocycles. The molecular formula is C14H13ClN2O3. The van der Waals surface area contributed by atoms with E-state index in [0.717, 1.165) is 6.42 Å². The first-order chi connectivity index (χ1) is 9.65. The molecule has 1 atom stereocenters. The lowest BCUT2D eigenvalue weighted by atomic mass is 10.1. The molecule has 1 aliphatic rings. The molecule has 0 aliphatic carbocycles. The van der Waals surface area contributed by atoms with E-state index in [1.54, 1.807) is 24.4 Å². The molecule has 0 radical (unpaired) electrons. The number of amides is 1. The van der Waals surface area contributed by atoms with E-state index in [0.29, 0.717) is 40.5 Å². The Morgan fingerprint density at radius 3 is 3.05 bits per heavy atom. The molecule has 104 valence electrons. The fourth-order valence-electron chi connectivity index (χ4n) is 2.22. The number of aromatic nitrogens is 1. The Morgan fingerprint density at radius 2 is 2.35 bits per heavy atom. The van der Waals surface area contributed by atoms with Gasteiger partial charge in [0.2, 0.25) is 0 Å². The Morgan fingerprint density at radius 1 is 1.50 bits per heavy atom. The van der Waals surface area contributed by atoms with Crippen molar-refractivity contribution < 1.29 is 14.3 Å². The fraction of sp³-hybridized carbons (Fsp3) is 0.286. The number of carbonyl (C=O) groups excluding carboxylic acids is 1. The van der Waals surface area contributed by atoms with Crippen LogP contribution >= 0.6 is 11.6 Å². The van der Waals surface area contributed by atoms with E-state index in [-0.39, 0.29) is 6.10 Å². The van der Waals surface area contributed by atoms with Gasteiger partial charge in [-0.25, -0.2) is 0 Å². The lowest BCUT2D eigenvalue weighted by Crippen LogP contribution is -2.19. The molecule has 0 saturated carbocycles. The van der Waals surface area contributed by atoms with Crippen molar-refractivity contribution in [3.63, 3.8) is 0 Å². The normalized spacial score (nSPS) is 18.4. The minimum Gasteiger partial charge on any atom is -0.487 e. The predicted molar refractivity (Wildman–Crippen MR) is 75.1 cm³/mol. The van der Waals surface area contributed by atoms with Crippen LogP contribution < -0.4 is 10.5 Å². The molecule has 6 heteroatoms. The van der Waals surface area contributed by atoms with Gasteiger partial charge in [0.1, 0.15) is 11.9 Å². The summed E-state index contributed by atoms with van der Waals surface area (Å²) in [6.07, 6.45) is 2.33. The number of pyridine rings is 1. The summed E-state index contributed by atoms with van der Waals surface area (Å²) in [6.45, 7) is 1.17. The van der Waals surface area contributed by atoms with Crippen molar-refractivity contribution in [1.29, 1.82) is 0 Å². The van der Waals surface area contributed by atoms with Gasteiger partial charge in [-0.1, -0.05) is 11.6 Å². The summed E-state index contributed by atoms with van der Waals surface area (Å²) in [5, 5.41) is 1.20. The molecule has 0 bridgehead atoms.